The van der Waals surface area contributed by atoms with Crippen LogP contribution >= 0.6 is 0 Å². The van der Waals surface area contributed by atoms with Crippen molar-refractivity contribution in [3.8, 4) is 0 Å². The van der Waals surface area contributed by atoms with Crippen LogP contribution in [0.2, 0.25) is 0 Å². The summed E-state index contributed by atoms with van der Waals surface area (Å²) >= 11 is 0. The highest BCUT2D eigenvalue weighted by atomic mass is 15.2. The fourth-order valence-corrected chi connectivity index (χ4v) is 3.37. The molecule has 1 aromatic heterocycles. The predicted molar refractivity (Wildman–Crippen MR) is 99.1 cm³/mol. The van der Waals surface area contributed by atoms with Crippen LogP contribution < -0.4 is 10.2 Å². The fourth-order valence-electron chi connectivity index (χ4n) is 3.37. The maximum Gasteiger partial charge on any atom is 0.224 e. The first-order valence-corrected chi connectivity index (χ1v) is 9.65. The van der Waals surface area contributed by atoms with Crippen molar-refractivity contribution in [2.75, 3.05) is 29.9 Å². The topological polar surface area (TPSA) is 41.1 Å². The highest BCUT2D eigenvalue weighted by Crippen LogP contribution is 2.18. The third-order valence-corrected chi connectivity index (χ3v) is 5.05. The maximum absolute atomic E-state index is 4.71. The van der Waals surface area contributed by atoms with E-state index >= 15 is 0 Å². The predicted octanol–water partition coefficient (Wildman–Crippen LogP) is 4.88. The Morgan fingerprint density at radius 2 is 1.83 bits per heavy atom. The Kier molecular flexibility index (Phi) is 8.19. The molecular formula is C19H34N4. The van der Waals surface area contributed by atoms with Gasteiger partial charge in [0.25, 0.3) is 0 Å². The van der Waals surface area contributed by atoms with Crippen LogP contribution in [0, 0.1) is 5.92 Å². The molecule has 1 saturated heterocycles. The zero-order valence-electron chi connectivity index (χ0n) is 15.1. The van der Waals surface area contributed by atoms with Gasteiger partial charge in [-0.15, -0.1) is 0 Å². The lowest BCUT2D eigenvalue weighted by molar-refractivity contribution is 0.436. The molecule has 0 aromatic carbocycles. The summed E-state index contributed by atoms with van der Waals surface area (Å²) in [6.45, 7) is 7.84. The Hall–Kier alpha value is -1.32. The molecule has 0 aliphatic carbocycles. The number of anilines is 2. The highest BCUT2D eigenvalue weighted by Gasteiger charge is 2.11. The van der Waals surface area contributed by atoms with Crippen molar-refractivity contribution in [2.24, 2.45) is 5.92 Å². The van der Waals surface area contributed by atoms with Gasteiger partial charge in [0.2, 0.25) is 5.95 Å². The second kappa shape index (κ2) is 10.5. The van der Waals surface area contributed by atoms with E-state index in [2.05, 4.69) is 29.0 Å². The number of nitrogens with one attached hydrogen (secondary N) is 1. The fraction of sp³-hybridized carbons (Fsp3) is 0.789. The van der Waals surface area contributed by atoms with Crippen molar-refractivity contribution in [2.45, 2.75) is 71.6 Å². The first kappa shape index (κ1) is 18.0. The molecule has 0 atom stereocenters. The van der Waals surface area contributed by atoms with Gasteiger partial charge in [0.15, 0.2) is 0 Å². The maximum atomic E-state index is 4.71. The number of nitrogens with zero attached hydrogens (tertiary/aromatic N) is 3. The van der Waals surface area contributed by atoms with E-state index in [-0.39, 0.29) is 0 Å². The van der Waals surface area contributed by atoms with Gasteiger partial charge in [-0.05, 0) is 31.2 Å². The largest absolute Gasteiger partial charge is 0.356 e. The molecule has 0 radical (unpaired) electrons. The molecule has 0 amide bonds. The van der Waals surface area contributed by atoms with Crippen molar-refractivity contribution in [3.05, 3.63) is 12.3 Å². The zero-order valence-corrected chi connectivity index (χ0v) is 15.1. The van der Waals surface area contributed by atoms with Crippen molar-refractivity contribution in [3.63, 3.8) is 0 Å². The number of rotatable bonds is 9. The SMILES string of the molecule is CCC(CC)CCCCNc1nccc(N2CCCCCC2)n1. The zero-order chi connectivity index (χ0) is 16.3. The van der Waals surface area contributed by atoms with E-state index in [0.717, 1.165) is 37.3 Å². The molecule has 23 heavy (non-hydrogen) atoms. The molecule has 2 rings (SSSR count). The lowest BCUT2D eigenvalue weighted by Gasteiger charge is -2.21. The number of hydrogen-bond acceptors (Lipinski definition) is 4. The Morgan fingerprint density at radius 3 is 2.52 bits per heavy atom. The van der Waals surface area contributed by atoms with E-state index in [9.17, 15) is 0 Å². The lowest BCUT2D eigenvalue weighted by atomic mass is 9.97. The van der Waals surface area contributed by atoms with Crippen molar-refractivity contribution < 1.29 is 0 Å². The Balaban J connectivity index is 1.74. The van der Waals surface area contributed by atoms with Gasteiger partial charge >= 0.3 is 0 Å². The van der Waals surface area contributed by atoms with Crippen molar-refractivity contribution >= 4 is 11.8 Å². The second-order valence-electron chi connectivity index (χ2n) is 6.74. The normalized spacial score (nSPS) is 15.7. The Labute approximate surface area is 142 Å². The molecule has 1 aliphatic heterocycles. The average molecular weight is 319 g/mol. The van der Waals surface area contributed by atoms with Crippen LogP contribution in [0.25, 0.3) is 0 Å². The molecule has 4 heteroatoms. The van der Waals surface area contributed by atoms with Crippen molar-refractivity contribution in [1.29, 1.82) is 0 Å². The van der Waals surface area contributed by atoms with Crippen LogP contribution in [0.3, 0.4) is 0 Å². The van der Waals surface area contributed by atoms with Gasteiger partial charge in [-0.1, -0.05) is 52.4 Å². The summed E-state index contributed by atoms with van der Waals surface area (Å²) in [4.78, 5) is 11.5. The van der Waals surface area contributed by atoms with E-state index in [1.54, 1.807) is 0 Å². The Bertz CT molecular complexity index is 423. The first-order valence-electron chi connectivity index (χ1n) is 9.65. The second-order valence-corrected chi connectivity index (χ2v) is 6.74. The molecule has 1 aliphatic rings. The minimum atomic E-state index is 0.786. The first-order chi connectivity index (χ1) is 11.3. The summed E-state index contributed by atoms with van der Waals surface area (Å²) in [7, 11) is 0. The summed E-state index contributed by atoms with van der Waals surface area (Å²) in [6.07, 6.45) is 13.6. The minimum absolute atomic E-state index is 0.786. The van der Waals surface area contributed by atoms with Crippen molar-refractivity contribution in [1.82, 2.24) is 9.97 Å². The van der Waals surface area contributed by atoms with Gasteiger partial charge in [-0.2, -0.15) is 4.98 Å². The van der Waals surface area contributed by atoms with Gasteiger partial charge in [-0.3, -0.25) is 0 Å². The molecule has 0 bridgehead atoms. The monoisotopic (exact) mass is 318 g/mol. The van der Waals surface area contributed by atoms with Crippen LogP contribution in [0.1, 0.15) is 71.6 Å². The molecular weight excluding hydrogens is 284 g/mol. The minimum Gasteiger partial charge on any atom is -0.356 e. The summed E-state index contributed by atoms with van der Waals surface area (Å²) in [5.74, 6) is 2.77. The highest BCUT2D eigenvalue weighted by molar-refractivity contribution is 5.42. The molecule has 1 fully saturated rings. The van der Waals surface area contributed by atoms with Crippen LogP contribution in [0.15, 0.2) is 12.3 Å². The van der Waals surface area contributed by atoms with E-state index in [1.807, 2.05) is 12.3 Å². The number of hydrogen-bond donors (Lipinski definition) is 1. The van der Waals surface area contributed by atoms with Gasteiger partial charge in [0.1, 0.15) is 5.82 Å². The standard InChI is InChI=1S/C19H34N4/c1-3-17(4-2)11-7-8-13-20-19-21-14-12-18(22-19)23-15-9-5-6-10-16-23/h12,14,17H,3-11,13,15-16H2,1-2H3,(H,20,21,22). The summed E-state index contributed by atoms with van der Waals surface area (Å²) in [6, 6.07) is 2.05. The van der Waals surface area contributed by atoms with Crippen LogP contribution in [0.4, 0.5) is 11.8 Å². The van der Waals surface area contributed by atoms with E-state index in [4.69, 9.17) is 4.98 Å². The van der Waals surface area contributed by atoms with Crippen LogP contribution in [0.5, 0.6) is 0 Å². The van der Waals surface area contributed by atoms with Crippen LogP contribution in [-0.2, 0) is 0 Å². The third-order valence-electron chi connectivity index (χ3n) is 5.05. The third kappa shape index (κ3) is 6.36. The lowest BCUT2D eigenvalue weighted by Crippen LogP contribution is -2.25. The molecule has 1 aromatic rings. The molecule has 130 valence electrons. The summed E-state index contributed by atoms with van der Waals surface area (Å²) < 4.78 is 0. The van der Waals surface area contributed by atoms with E-state index < -0.39 is 0 Å². The van der Waals surface area contributed by atoms with Gasteiger partial charge in [0, 0.05) is 25.8 Å². The average Bonchev–Trinajstić information content (AvgIpc) is 2.88. The van der Waals surface area contributed by atoms with Gasteiger partial charge in [-0.25, -0.2) is 4.98 Å². The van der Waals surface area contributed by atoms with E-state index in [0.29, 0.717) is 0 Å². The Morgan fingerprint density at radius 1 is 1.09 bits per heavy atom. The quantitative estimate of drug-likeness (QED) is 0.659. The van der Waals surface area contributed by atoms with Crippen LogP contribution in [-0.4, -0.2) is 29.6 Å². The van der Waals surface area contributed by atoms with E-state index in [1.165, 1.54) is 57.8 Å². The summed E-state index contributed by atoms with van der Waals surface area (Å²) in [5, 5.41) is 3.40. The number of aromatic nitrogens is 2. The van der Waals surface area contributed by atoms with Gasteiger partial charge in [0.05, 0.1) is 0 Å². The molecule has 0 saturated carbocycles. The molecule has 0 unspecified atom stereocenters. The number of unbranched alkanes of at least 4 members (excludes halogenated alkanes) is 1. The molecule has 1 N–H and O–H groups in total. The molecule has 4 nitrogen and oxygen atoms in total. The molecule has 2 heterocycles. The smallest absolute Gasteiger partial charge is 0.224 e. The molecule has 0 spiro atoms. The van der Waals surface area contributed by atoms with Gasteiger partial charge < -0.3 is 10.2 Å². The summed E-state index contributed by atoms with van der Waals surface area (Å²) in [5.41, 5.74) is 0.